The third kappa shape index (κ3) is 4.52. The zero-order valence-electron chi connectivity index (χ0n) is 14.8. The van der Waals surface area contributed by atoms with Gasteiger partial charge in [-0.1, -0.05) is 28.1 Å². The zero-order valence-corrected chi connectivity index (χ0v) is 16.4. The number of ether oxygens (including phenoxy) is 2. The summed E-state index contributed by atoms with van der Waals surface area (Å²) in [5.41, 5.74) is 0.800. The third-order valence-electron chi connectivity index (χ3n) is 3.66. The van der Waals surface area contributed by atoms with Gasteiger partial charge in [-0.2, -0.15) is 0 Å². The van der Waals surface area contributed by atoms with Crippen LogP contribution in [0.25, 0.3) is 6.08 Å². The molecule has 0 saturated carbocycles. The van der Waals surface area contributed by atoms with Crippen LogP contribution < -0.4 is 20.2 Å². The molecule has 0 unspecified atom stereocenters. The van der Waals surface area contributed by atoms with E-state index in [1.54, 1.807) is 43.5 Å². The van der Waals surface area contributed by atoms with Gasteiger partial charge in [0.15, 0.2) is 17.3 Å². The average molecular weight is 418 g/mol. The highest BCUT2D eigenvalue weighted by atomic mass is 79.9. The van der Waals surface area contributed by atoms with Gasteiger partial charge in [-0.3, -0.25) is 9.59 Å². The molecule has 0 fully saturated rings. The van der Waals surface area contributed by atoms with Crippen LogP contribution in [0.2, 0.25) is 0 Å². The summed E-state index contributed by atoms with van der Waals surface area (Å²) < 4.78 is 11.2. The Kier molecular flexibility index (Phi) is 6.97. The summed E-state index contributed by atoms with van der Waals surface area (Å²) in [6, 6.07) is 10.3. The fourth-order valence-corrected chi connectivity index (χ4v) is 2.81. The third-order valence-corrected chi connectivity index (χ3v) is 4.15. The first kappa shape index (κ1) is 19.7. The van der Waals surface area contributed by atoms with Crippen molar-refractivity contribution < 1.29 is 14.3 Å². The summed E-state index contributed by atoms with van der Waals surface area (Å²) in [5, 5.41) is 2.98. The van der Waals surface area contributed by atoms with Crippen molar-refractivity contribution in [1.82, 2.24) is 0 Å². The van der Waals surface area contributed by atoms with Gasteiger partial charge in [0.1, 0.15) is 0 Å². The summed E-state index contributed by atoms with van der Waals surface area (Å²) in [6.07, 6.45) is 2.97. The molecule has 6 heteroatoms. The van der Waals surface area contributed by atoms with Crippen LogP contribution in [0, 0.1) is 0 Å². The van der Waals surface area contributed by atoms with Crippen molar-refractivity contribution in [3.05, 3.63) is 68.3 Å². The Bertz CT molecular complexity index is 893. The second kappa shape index (κ2) is 9.20. The normalized spacial score (nSPS) is 10.6. The number of methoxy groups -OCH3 is 2. The van der Waals surface area contributed by atoms with E-state index >= 15 is 0 Å². The molecule has 136 valence electrons. The molecular weight excluding hydrogens is 398 g/mol. The molecule has 0 radical (unpaired) electrons. The van der Waals surface area contributed by atoms with Crippen LogP contribution in [0.4, 0.5) is 5.69 Å². The number of ketones is 1. The van der Waals surface area contributed by atoms with Crippen LogP contribution in [0.3, 0.4) is 0 Å². The summed E-state index contributed by atoms with van der Waals surface area (Å²) in [6.45, 7) is 2.47. The molecule has 2 rings (SSSR count). The number of hydrogen-bond acceptors (Lipinski definition) is 5. The monoisotopic (exact) mass is 417 g/mol. The second-order valence-electron chi connectivity index (χ2n) is 5.33. The Balaban J connectivity index is 2.44. The molecule has 0 saturated heterocycles. The second-order valence-corrected chi connectivity index (χ2v) is 6.25. The van der Waals surface area contributed by atoms with E-state index < -0.39 is 5.78 Å². The fraction of sp³-hybridized carbons (Fsp3) is 0.200. The van der Waals surface area contributed by atoms with Crippen molar-refractivity contribution in [2.75, 3.05) is 26.1 Å². The molecular formula is C20H20BrNO4. The van der Waals surface area contributed by atoms with Crippen LogP contribution >= 0.6 is 15.9 Å². The minimum Gasteiger partial charge on any atom is -0.493 e. The summed E-state index contributed by atoms with van der Waals surface area (Å²) in [7, 11) is 3.08. The number of carbonyl (C=O) groups excluding carboxylic acids is 1. The minimum absolute atomic E-state index is 0.0796. The largest absolute Gasteiger partial charge is 0.493 e. The van der Waals surface area contributed by atoms with Gasteiger partial charge in [0, 0.05) is 16.6 Å². The minimum atomic E-state index is -0.393. The number of para-hydroxylation sites is 1. The van der Waals surface area contributed by atoms with Gasteiger partial charge in [-0.15, -0.1) is 0 Å². The van der Waals surface area contributed by atoms with Crippen molar-refractivity contribution in [3.63, 3.8) is 0 Å². The molecule has 0 aliphatic heterocycles. The van der Waals surface area contributed by atoms with Crippen LogP contribution in [-0.2, 0) is 0 Å². The lowest BCUT2D eigenvalue weighted by molar-refractivity contribution is 0.104. The number of anilines is 1. The molecule has 1 N–H and O–H groups in total. The van der Waals surface area contributed by atoms with E-state index in [4.69, 9.17) is 9.47 Å². The van der Waals surface area contributed by atoms with Crippen molar-refractivity contribution in [2.45, 2.75) is 6.92 Å². The van der Waals surface area contributed by atoms with Gasteiger partial charge in [0.25, 0.3) is 0 Å². The molecule has 0 aliphatic rings. The summed E-state index contributed by atoms with van der Waals surface area (Å²) in [4.78, 5) is 25.2. The van der Waals surface area contributed by atoms with E-state index in [1.165, 1.54) is 19.3 Å². The number of halogens is 1. The molecule has 26 heavy (non-hydrogen) atoms. The Morgan fingerprint density at radius 3 is 2.62 bits per heavy atom. The number of nitrogens with one attached hydrogen (secondary N) is 1. The van der Waals surface area contributed by atoms with Gasteiger partial charge < -0.3 is 14.8 Å². The molecule has 0 aromatic heterocycles. The number of benzene rings is 1. The lowest BCUT2D eigenvalue weighted by Crippen LogP contribution is -2.15. The first-order valence-electron chi connectivity index (χ1n) is 8.03. The molecule has 0 bridgehead atoms. The number of allylic oxidation sites excluding steroid dienone is 1. The smallest absolute Gasteiger partial charge is 0.212 e. The van der Waals surface area contributed by atoms with Crippen LogP contribution in [-0.4, -0.2) is 26.5 Å². The predicted molar refractivity (Wildman–Crippen MR) is 107 cm³/mol. The van der Waals surface area contributed by atoms with Crippen LogP contribution in [0.1, 0.15) is 22.8 Å². The topological polar surface area (TPSA) is 64.6 Å². The van der Waals surface area contributed by atoms with Crippen molar-refractivity contribution in [3.8, 4) is 11.5 Å². The quantitative estimate of drug-likeness (QED) is 0.541. The molecule has 2 aromatic carbocycles. The number of hydrogen-bond donors (Lipinski definition) is 1. The maximum absolute atomic E-state index is 12.6. The highest BCUT2D eigenvalue weighted by Gasteiger charge is 2.12. The molecule has 2 aromatic rings. The molecule has 0 amide bonds. The molecule has 0 aliphatic carbocycles. The highest BCUT2D eigenvalue weighted by Crippen LogP contribution is 2.31. The van der Waals surface area contributed by atoms with E-state index in [9.17, 15) is 9.59 Å². The SMILES string of the molecule is CCNc1ccc(Br)cc(C(=O)/C=C/c2cccc(OC)c2OC)c1=O. The van der Waals surface area contributed by atoms with E-state index in [2.05, 4.69) is 21.2 Å². The Morgan fingerprint density at radius 1 is 1.19 bits per heavy atom. The molecule has 0 heterocycles. The van der Waals surface area contributed by atoms with E-state index in [0.29, 0.717) is 33.8 Å². The van der Waals surface area contributed by atoms with E-state index in [0.717, 1.165) is 0 Å². The standard InChI is InChI=1S/C20H20BrNO4/c1-4-22-16-10-9-14(21)12-15(19(16)24)17(23)11-8-13-6-5-7-18(25-2)20(13)26-3/h5-12H,4H2,1-3H3,(H,22,24)/b11-8+. The lowest BCUT2D eigenvalue weighted by atomic mass is 10.1. The Hall–Kier alpha value is -2.60. The predicted octanol–water partition coefficient (Wildman–Crippen LogP) is 4.15. The lowest BCUT2D eigenvalue weighted by Gasteiger charge is -2.09. The van der Waals surface area contributed by atoms with Crippen LogP contribution in [0.5, 0.6) is 11.5 Å². The van der Waals surface area contributed by atoms with Gasteiger partial charge in [-0.25, -0.2) is 0 Å². The fourth-order valence-electron chi connectivity index (χ4n) is 2.45. The summed E-state index contributed by atoms with van der Waals surface area (Å²) >= 11 is 3.34. The van der Waals surface area contributed by atoms with Gasteiger partial charge in [0.2, 0.25) is 5.43 Å². The Morgan fingerprint density at radius 2 is 1.96 bits per heavy atom. The Labute approximate surface area is 160 Å². The van der Waals surface area contributed by atoms with E-state index in [1.807, 2.05) is 6.92 Å². The maximum Gasteiger partial charge on any atom is 0.212 e. The van der Waals surface area contributed by atoms with Gasteiger partial charge >= 0.3 is 0 Å². The molecule has 5 nitrogen and oxygen atoms in total. The van der Waals surface area contributed by atoms with Gasteiger partial charge in [-0.05, 0) is 43.3 Å². The average Bonchev–Trinajstić information content (AvgIpc) is 2.79. The number of carbonyl (C=O) groups is 1. The van der Waals surface area contributed by atoms with Crippen molar-refractivity contribution >= 4 is 33.5 Å². The first-order valence-corrected chi connectivity index (χ1v) is 8.82. The maximum atomic E-state index is 12.6. The number of rotatable bonds is 7. The molecule has 0 spiro atoms. The van der Waals surface area contributed by atoms with Crippen molar-refractivity contribution in [2.24, 2.45) is 0 Å². The van der Waals surface area contributed by atoms with Gasteiger partial charge in [0.05, 0.1) is 25.5 Å². The highest BCUT2D eigenvalue weighted by molar-refractivity contribution is 9.10. The summed E-state index contributed by atoms with van der Waals surface area (Å²) in [5.74, 6) is 0.695. The first-order chi connectivity index (χ1) is 12.5. The van der Waals surface area contributed by atoms with E-state index in [-0.39, 0.29) is 11.0 Å². The molecule has 0 atom stereocenters. The zero-order chi connectivity index (χ0) is 19.1. The van der Waals surface area contributed by atoms with Crippen LogP contribution in [0.15, 0.2) is 51.7 Å². The van der Waals surface area contributed by atoms with Crippen molar-refractivity contribution in [1.29, 1.82) is 0 Å².